The van der Waals surface area contributed by atoms with Crippen LogP contribution in [0.5, 0.6) is 0 Å². The molecule has 2 N–H and O–H groups in total. The molecule has 1 amide bonds. The zero-order valence-corrected chi connectivity index (χ0v) is 9.79. The molecule has 0 aliphatic carbocycles. The molecular weight excluding hydrogens is 244 g/mol. The second-order valence-electron chi connectivity index (χ2n) is 3.55. The van der Waals surface area contributed by atoms with Crippen LogP contribution in [0.3, 0.4) is 0 Å². The van der Waals surface area contributed by atoms with E-state index in [4.69, 9.17) is 9.84 Å². The Morgan fingerprint density at radius 3 is 2.83 bits per heavy atom. The molecule has 0 radical (unpaired) electrons. The van der Waals surface area contributed by atoms with Gasteiger partial charge in [0.1, 0.15) is 0 Å². The molecule has 0 spiro atoms. The molecule has 18 heavy (non-hydrogen) atoms. The van der Waals surface area contributed by atoms with E-state index >= 15 is 0 Å². The van der Waals surface area contributed by atoms with Gasteiger partial charge in [-0.15, -0.1) is 0 Å². The number of hydrogen-bond donors (Lipinski definition) is 2. The maximum Gasteiger partial charge on any atom is 0.254 e. The summed E-state index contributed by atoms with van der Waals surface area (Å²) in [5.41, 5.74) is -0.314. The summed E-state index contributed by atoms with van der Waals surface area (Å²) < 4.78 is 31.1. The van der Waals surface area contributed by atoms with Crippen molar-refractivity contribution in [3.63, 3.8) is 0 Å². The Hall–Kier alpha value is -1.53. The third-order valence-corrected chi connectivity index (χ3v) is 2.18. The molecule has 0 fully saturated rings. The van der Waals surface area contributed by atoms with Crippen molar-refractivity contribution in [1.29, 1.82) is 0 Å². The van der Waals surface area contributed by atoms with E-state index < -0.39 is 17.5 Å². The van der Waals surface area contributed by atoms with Crippen LogP contribution in [0.15, 0.2) is 18.2 Å². The summed E-state index contributed by atoms with van der Waals surface area (Å²) in [5.74, 6) is -2.85. The van der Waals surface area contributed by atoms with E-state index in [1.165, 1.54) is 12.1 Å². The maximum atomic E-state index is 13.2. The first-order chi connectivity index (χ1) is 8.66. The van der Waals surface area contributed by atoms with Crippen molar-refractivity contribution in [2.24, 2.45) is 0 Å². The summed E-state index contributed by atoms with van der Waals surface area (Å²) in [6.07, 6.45) is 0.530. The van der Waals surface area contributed by atoms with Gasteiger partial charge >= 0.3 is 0 Å². The maximum absolute atomic E-state index is 13.2. The van der Waals surface area contributed by atoms with Gasteiger partial charge in [0, 0.05) is 13.2 Å². The van der Waals surface area contributed by atoms with Crippen LogP contribution in [-0.2, 0) is 4.74 Å². The van der Waals surface area contributed by atoms with Crippen molar-refractivity contribution < 1.29 is 23.4 Å². The summed E-state index contributed by atoms with van der Waals surface area (Å²) >= 11 is 0. The molecule has 0 saturated heterocycles. The number of carbonyl (C=O) groups excluding carboxylic acids is 1. The standard InChI is InChI=1S/C12H15F2NO3/c13-10-4-1-3-9(11(10)14)12(17)15-5-2-7-18-8-6-16/h1,3-4,16H,2,5-8H2,(H,15,17). The average Bonchev–Trinajstić information content (AvgIpc) is 2.36. The van der Waals surface area contributed by atoms with Crippen LogP contribution in [0.1, 0.15) is 16.8 Å². The highest BCUT2D eigenvalue weighted by Crippen LogP contribution is 2.10. The first-order valence-electron chi connectivity index (χ1n) is 5.57. The lowest BCUT2D eigenvalue weighted by atomic mass is 10.2. The first-order valence-corrected chi connectivity index (χ1v) is 5.57. The molecule has 1 rings (SSSR count). The molecule has 0 aromatic heterocycles. The third-order valence-electron chi connectivity index (χ3n) is 2.18. The summed E-state index contributed by atoms with van der Waals surface area (Å²) in [6.45, 7) is 0.861. The minimum atomic E-state index is -1.15. The van der Waals surface area contributed by atoms with E-state index in [2.05, 4.69) is 5.32 Å². The lowest BCUT2D eigenvalue weighted by Crippen LogP contribution is -2.26. The summed E-state index contributed by atoms with van der Waals surface area (Å²) in [6, 6.07) is 3.45. The lowest BCUT2D eigenvalue weighted by molar-refractivity contribution is 0.0865. The second-order valence-corrected chi connectivity index (χ2v) is 3.55. The third kappa shape index (κ3) is 4.38. The van der Waals surface area contributed by atoms with Crippen molar-refractivity contribution in [3.05, 3.63) is 35.4 Å². The second kappa shape index (κ2) is 7.73. The van der Waals surface area contributed by atoms with Crippen LogP contribution in [0.4, 0.5) is 8.78 Å². The molecule has 0 aliphatic rings. The molecule has 6 heteroatoms. The van der Waals surface area contributed by atoms with E-state index in [9.17, 15) is 13.6 Å². The number of amides is 1. The first kappa shape index (κ1) is 14.5. The largest absolute Gasteiger partial charge is 0.394 e. The van der Waals surface area contributed by atoms with Crippen LogP contribution >= 0.6 is 0 Å². The number of benzene rings is 1. The van der Waals surface area contributed by atoms with E-state index in [0.717, 1.165) is 6.07 Å². The Bertz CT molecular complexity index is 399. The molecule has 0 unspecified atom stereocenters. The minimum absolute atomic E-state index is 0.0547. The average molecular weight is 259 g/mol. The van der Waals surface area contributed by atoms with Gasteiger partial charge in [0.25, 0.3) is 5.91 Å². The summed E-state index contributed by atoms with van der Waals surface area (Å²) in [4.78, 5) is 11.5. The summed E-state index contributed by atoms with van der Waals surface area (Å²) in [7, 11) is 0. The molecule has 0 saturated carbocycles. The molecule has 4 nitrogen and oxygen atoms in total. The van der Waals surface area contributed by atoms with E-state index in [0.29, 0.717) is 19.6 Å². The zero-order valence-electron chi connectivity index (χ0n) is 9.79. The highest BCUT2D eigenvalue weighted by Gasteiger charge is 2.14. The van der Waals surface area contributed by atoms with Crippen LogP contribution < -0.4 is 5.32 Å². The van der Waals surface area contributed by atoms with Gasteiger partial charge in [0.15, 0.2) is 11.6 Å². The van der Waals surface area contributed by atoms with Gasteiger partial charge in [0.05, 0.1) is 18.8 Å². The van der Waals surface area contributed by atoms with Crippen molar-refractivity contribution in [2.45, 2.75) is 6.42 Å². The van der Waals surface area contributed by atoms with Gasteiger partial charge in [-0.1, -0.05) is 6.07 Å². The van der Waals surface area contributed by atoms with Gasteiger partial charge in [-0.3, -0.25) is 4.79 Å². The van der Waals surface area contributed by atoms with Crippen LogP contribution in [0, 0.1) is 11.6 Å². The molecule has 0 heterocycles. The molecule has 1 aromatic carbocycles. The number of aliphatic hydroxyl groups is 1. The van der Waals surface area contributed by atoms with Gasteiger partial charge in [-0.25, -0.2) is 8.78 Å². The fourth-order valence-corrected chi connectivity index (χ4v) is 1.32. The number of aliphatic hydroxyl groups excluding tert-OH is 1. The normalized spacial score (nSPS) is 10.4. The number of rotatable bonds is 7. The number of halogens is 2. The fourth-order valence-electron chi connectivity index (χ4n) is 1.32. The van der Waals surface area contributed by atoms with Gasteiger partial charge in [-0.2, -0.15) is 0 Å². The molecule has 0 atom stereocenters. The zero-order chi connectivity index (χ0) is 13.4. The Balaban J connectivity index is 2.35. The van der Waals surface area contributed by atoms with Gasteiger partial charge in [0.2, 0.25) is 0 Å². The molecule has 0 bridgehead atoms. The number of hydrogen-bond acceptors (Lipinski definition) is 3. The SMILES string of the molecule is O=C(NCCCOCCO)c1cccc(F)c1F. The lowest BCUT2D eigenvalue weighted by Gasteiger charge is -2.06. The van der Waals surface area contributed by atoms with Crippen molar-refractivity contribution in [2.75, 3.05) is 26.4 Å². The van der Waals surface area contributed by atoms with E-state index in [-0.39, 0.29) is 18.8 Å². The number of ether oxygens (including phenoxy) is 1. The Kier molecular flexibility index (Phi) is 6.24. The predicted molar refractivity (Wildman–Crippen MR) is 61.2 cm³/mol. The number of nitrogens with one attached hydrogen (secondary N) is 1. The van der Waals surface area contributed by atoms with Crippen LogP contribution in [-0.4, -0.2) is 37.4 Å². The predicted octanol–water partition coefficient (Wildman–Crippen LogP) is 1.09. The van der Waals surface area contributed by atoms with Crippen LogP contribution in [0.25, 0.3) is 0 Å². The topological polar surface area (TPSA) is 58.6 Å². The smallest absolute Gasteiger partial charge is 0.254 e. The Morgan fingerprint density at radius 2 is 2.11 bits per heavy atom. The summed E-state index contributed by atoms with van der Waals surface area (Å²) in [5, 5.41) is 10.9. The highest BCUT2D eigenvalue weighted by atomic mass is 19.2. The minimum Gasteiger partial charge on any atom is -0.394 e. The molecule has 0 aliphatic heterocycles. The Morgan fingerprint density at radius 1 is 1.33 bits per heavy atom. The van der Waals surface area contributed by atoms with Crippen LogP contribution in [0.2, 0.25) is 0 Å². The van der Waals surface area contributed by atoms with E-state index in [1.54, 1.807) is 0 Å². The monoisotopic (exact) mass is 259 g/mol. The fraction of sp³-hybridized carbons (Fsp3) is 0.417. The quantitative estimate of drug-likeness (QED) is 0.721. The van der Waals surface area contributed by atoms with Gasteiger partial charge < -0.3 is 15.2 Å². The molecule has 100 valence electrons. The van der Waals surface area contributed by atoms with Crippen molar-refractivity contribution >= 4 is 5.91 Å². The highest BCUT2D eigenvalue weighted by molar-refractivity contribution is 5.94. The van der Waals surface area contributed by atoms with Gasteiger partial charge in [-0.05, 0) is 18.6 Å². The van der Waals surface area contributed by atoms with Crippen molar-refractivity contribution in [1.82, 2.24) is 5.32 Å². The molecular formula is C12H15F2NO3. The van der Waals surface area contributed by atoms with E-state index in [1.807, 2.05) is 0 Å². The molecule has 1 aromatic rings. The van der Waals surface area contributed by atoms with Crippen molar-refractivity contribution in [3.8, 4) is 0 Å². The Labute approximate surface area is 104 Å². The number of carbonyl (C=O) groups is 1.